The van der Waals surface area contributed by atoms with Crippen LogP contribution in [0.5, 0.6) is 0 Å². The summed E-state index contributed by atoms with van der Waals surface area (Å²) in [6, 6.07) is 0.594. The Kier molecular flexibility index (Phi) is 6.10. The van der Waals surface area contributed by atoms with Crippen molar-refractivity contribution in [1.29, 1.82) is 0 Å². The van der Waals surface area contributed by atoms with Gasteiger partial charge in [0, 0.05) is 28.7 Å². The first kappa shape index (κ1) is 15.1. The Morgan fingerprint density at radius 2 is 2.18 bits per heavy atom. The fourth-order valence-corrected chi connectivity index (χ4v) is 3.07. The highest BCUT2D eigenvalue weighted by molar-refractivity contribution is 9.09. The predicted octanol–water partition coefficient (Wildman–Crippen LogP) is 4.09. The van der Waals surface area contributed by atoms with E-state index in [0.717, 1.165) is 11.9 Å². The number of nitrogens with zero attached hydrogens (tertiary/aromatic N) is 1. The van der Waals surface area contributed by atoms with Gasteiger partial charge in [-0.2, -0.15) is 0 Å². The van der Waals surface area contributed by atoms with Crippen molar-refractivity contribution in [2.75, 3.05) is 5.33 Å². The monoisotopic (exact) mass is 318 g/mol. The molecule has 0 saturated heterocycles. The number of alkyl halides is 1. The standard InChI is InChI=1S/C13H23BrN2S/c1-5-10(6-7-14)15-8-12-16-11(9-17-12)13(2,3)4/h9-10,15H,5-8H2,1-4H3. The lowest BCUT2D eigenvalue weighted by Gasteiger charge is -2.15. The summed E-state index contributed by atoms with van der Waals surface area (Å²) in [4.78, 5) is 4.69. The van der Waals surface area contributed by atoms with E-state index in [9.17, 15) is 0 Å². The smallest absolute Gasteiger partial charge is 0.107 e. The predicted molar refractivity (Wildman–Crippen MR) is 80.1 cm³/mol. The average molecular weight is 319 g/mol. The molecule has 0 aliphatic heterocycles. The summed E-state index contributed by atoms with van der Waals surface area (Å²) >= 11 is 5.26. The molecular weight excluding hydrogens is 296 g/mol. The minimum Gasteiger partial charge on any atom is -0.308 e. The number of rotatable bonds is 6. The highest BCUT2D eigenvalue weighted by atomic mass is 79.9. The molecule has 0 saturated carbocycles. The van der Waals surface area contributed by atoms with E-state index in [2.05, 4.69) is 54.3 Å². The molecule has 0 radical (unpaired) electrons. The minimum absolute atomic E-state index is 0.161. The van der Waals surface area contributed by atoms with Gasteiger partial charge in [0.25, 0.3) is 0 Å². The molecule has 0 bridgehead atoms. The van der Waals surface area contributed by atoms with E-state index in [4.69, 9.17) is 4.98 Å². The SMILES string of the molecule is CCC(CCBr)NCc1nc(C(C)(C)C)cs1. The van der Waals surface area contributed by atoms with Gasteiger partial charge < -0.3 is 5.32 Å². The van der Waals surface area contributed by atoms with Crippen molar-refractivity contribution in [3.63, 3.8) is 0 Å². The Bertz CT molecular complexity index is 330. The third kappa shape index (κ3) is 5.06. The number of halogens is 1. The van der Waals surface area contributed by atoms with Crippen molar-refractivity contribution in [2.24, 2.45) is 0 Å². The number of aromatic nitrogens is 1. The van der Waals surface area contributed by atoms with Crippen LogP contribution in [0.15, 0.2) is 5.38 Å². The first-order valence-corrected chi connectivity index (χ1v) is 8.21. The van der Waals surface area contributed by atoms with Gasteiger partial charge in [0.1, 0.15) is 5.01 Å². The van der Waals surface area contributed by atoms with Gasteiger partial charge in [-0.15, -0.1) is 11.3 Å². The number of nitrogens with one attached hydrogen (secondary N) is 1. The van der Waals surface area contributed by atoms with Gasteiger partial charge in [-0.3, -0.25) is 0 Å². The van der Waals surface area contributed by atoms with Gasteiger partial charge in [0.15, 0.2) is 0 Å². The molecule has 1 atom stereocenters. The molecule has 1 unspecified atom stereocenters. The van der Waals surface area contributed by atoms with Gasteiger partial charge in [-0.25, -0.2) is 4.98 Å². The van der Waals surface area contributed by atoms with E-state index in [1.54, 1.807) is 11.3 Å². The lowest BCUT2D eigenvalue weighted by molar-refractivity contribution is 0.485. The topological polar surface area (TPSA) is 24.9 Å². The lowest BCUT2D eigenvalue weighted by atomic mass is 9.93. The van der Waals surface area contributed by atoms with Crippen molar-refractivity contribution in [3.05, 3.63) is 16.1 Å². The van der Waals surface area contributed by atoms with E-state index in [1.807, 2.05) is 0 Å². The molecule has 4 heteroatoms. The summed E-state index contributed by atoms with van der Waals surface area (Å²) in [7, 11) is 0. The molecule has 17 heavy (non-hydrogen) atoms. The maximum absolute atomic E-state index is 4.69. The maximum Gasteiger partial charge on any atom is 0.107 e. The van der Waals surface area contributed by atoms with Crippen molar-refractivity contribution < 1.29 is 0 Å². The fraction of sp³-hybridized carbons (Fsp3) is 0.769. The lowest BCUT2D eigenvalue weighted by Crippen LogP contribution is -2.28. The highest BCUT2D eigenvalue weighted by Gasteiger charge is 2.17. The molecule has 0 amide bonds. The van der Waals surface area contributed by atoms with Crippen LogP contribution >= 0.6 is 27.3 Å². The zero-order chi connectivity index (χ0) is 12.9. The van der Waals surface area contributed by atoms with Crippen LogP contribution in [0.25, 0.3) is 0 Å². The van der Waals surface area contributed by atoms with E-state index >= 15 is 0 Å². The Hall–Kier alpha value is 0.0700. The highest BCUT2D eigenvalue weighted by Crippen LogP contribution is 2.23. The normalized spacial score (nSPS) is 13.9. The molecule has 0 spiro atoms. The van der Waals surface area contributed by atoms with Crippen LogP contribution in [-0.4, -0.2) is 16.4 Å². The van der Waals surface area contributed by atoms with Crippen LogP contribution in [-0.2, 0) is 12.0 Å². The van der Waals surface area contributed by atoms with Gasteiger partial charge >= 0.3 is 0 Å². The van der Waals surface area contributed by atoms with Crippen molar-refractivity contribution in [1.82, 2.24) is 10.3 Å². The summed E-state index contributed by atoms with van der Waals surface area (Å²) < 4.78 is 0. The Morgan fingerprint density at radius 3 is 2.65 bits per heavy atom. The van der Waals surface area contributed by atoms with Gasteiger partial charge in [0.2, 0.25) is 0 Å². The van der Waals surface area contributed by atoms with Crippen LogP contribution in [0, 0.1) is 0 Å². The third-order valence-electron chi connectivity index (χ3n) is 2.81. The second-order valence-corrected chi connectivity index (χ2v) is 7.08. The van der Waals surface area contributed by atoms with Gasteiger partial charge in [-0.05, 0) is 12.8 Å². The summed E-state index contributed by atoms with van der Waals surface area (Å²) in [6.07, 6.45) is 2.34. The van der Waals surface area contributed by atoms with Crippen LogP contribution in [0.1, 0.15) is 51.2 Å². The largest absolute Gasteiger partial charge is 0.308 e. The second-order valence-electron chi connectivity index (χ2n) is 5.34. The van der Waals surface area contributed by atoms with Crippen molar-refractivity contribution >= 4 is 27.3 Å². The van der Waals surface area contributed by atoms with Crippen molar-refractivity contribution in [2.45, 2.75) is 58.5 Å². The van der Waals surface area contributed by atoms with Crippen LogP contribution in [0.4, 0.5) is 0 Å². The molecule has 1 rings (SSSR count). The Morgan fingerprint density at radius 1 is 1.47 bits per heavy atom. The number of thiazole rings is 1. The minimum atomic E-state index is 0.161. The maximum atomic E-state index is 4.69. The molecular formula is C13H23BrN2S. The second kappa shape index (κ2) is 6.86. The molecule has 1 aromatic rings. The van der Waals surface area contributed by atoms with Gasteiger partial charge in [-0.1, -0.05) is 43.6 Å². The molecule has 0 aliphatic carbocycles. The van der Waals surface area contributed by atoms with Crippen LogP contribution in [0.2, 0.25) is 0 Å². The summed E-state index contributed by atoms with van der Waals surface area (Å²) in [5.74, 6) is 0. The van der Waals surface area contributed by atoms with E-state index < -0.39 is 0 Å². The molecule has 98 valence electrons. The first-order chi connectivity index (χ1) is 7.97. The fourth-order valence-electron chi connectivity index (χ4n) is 1.55. The first-order valence-electron chi connectivity index (χ1n) is 6.21. The van der Waals surface area contributed by atoms with E-state index in [0.29, 0.717) is 6.04 Å². The molecule has 1 N–H and O–H groups in total. The zero-order valence-corrected chi connectivity index (χ0v) is 13.6. The third-order valence-corrected chi connectivity index (χ3v) is 4.12. The van der Waals surface area contributed by atoms with Crippen molar-refractivity contribution in [3.8, 4) is 0 Å². The summed E-state index contributed by atoms with van der Waals surface area (Å²) in [5, 5.41) is 8.01. The van der Waals surface area contributed by atoms with E-state index in [-0.39, 0.29) is 5.41 Å². The summed E-state index contributed by atoms with van der Waals surface area (Å²) in [5.41, 5.74) is 1.36. The molecule has 0 aromatic carbocycles. The van der Waals surface area contributed by atoms with Gasteiger partial charge in [0.05, 0.1) is 5.69 Å². The zero-order valence-electron chi connectivity index (χ0n) is 11.2. The molecule has 0 fully saturated rings. The average Bonchev–Trinajstić information content (AvgIpc) is 2.72. The molecule has 1 heterocycles. The number of hydrogen-bond acceptors (Lipinski definition) is 3. The van der Waals surface area contributed by atoms with Crippen LogP contribution in [0.3, 0.4) is 0 Å². The quantitative estimate of drug-likeness (QED) is 0.799. The summed E-state index contributed by atoms with van der Waals surface area (Å²) in [6.45, 7) is 9.74. The Labute approximate surface area is 117 Å². The molecule has 2 nitrogen and oxygen atoms in total. The molecule has 1 aromatic heterocycles. The van der Waals surface area contributed by atoms with Crippen LogP contribution < -0.4 is 5.32 Å². The molecule has 0 aliphatic rings. The number of hydrogen-bond donors (Lipinski definition) is 1. The Balaban J connectivity index is 2.49. The van der Waals surface area contributed by atoms with E-state index in [1.165, 1.54) is 23.5 Å².